The van der Waals surface area contributed by atoms with Crippen LogP contribution in [-0.2, 0) is 6.42 Å². The van der Waals surface area contributed by atoms with Gasteiger partial charge in [-0.2, -0.15) is 4.98 Å². The van der Waals surface area contributed by atoms with E-state index < -0.39 is 0 Å². The molecular formula is C16H17N3O. The van der Waals surface area contributed by atoms with Crippen molar-refractivity contribution in [2.45, 2.75) is 20.3 Å². The van der Waals surface area contributed by atoms with Crippen LogP contribution in [0.3, 0.4) is 0 Å². The Balaban J connectivity index is 1.67. The van der Waals surface area contributed by atoms with Crippen molar-refractivity contribution in [3.05, 3.63) is 53.5 Å². The highest BCUT2D eigenvalue weighted by molar-refractivity contribution is 5.67. The van der Waals surface area contributed by atoms with Crippen molar-refractivity contribution in [1.29, 1.82) is 0 Å². The lowest BCUT2D eigenvalue weighted by Crippen LogP contribution is -2.06. The molecule has 0 saturated carbocycles. The van der Waals surface area contributed by atoms with Crippen LogP contribution in [0.2, 0.25) is 0 Å². The highest BCUT2D eigenvalue weighted by Gasteiger charge is 2.06. The first-order valence-electron chi connectivity index (χ1n) is 6.75. The molecule has 4 heteroatoms. The van der Waals surface area contributed by atoms with E-state index in [-0.39, 0.29) is 0 Å². The molecule has 0 spiro atoms. The van der Waals surface area contributed by atoms with Crippen molar-refractivity contribution in [2.24, 2.45) is 0 Å². The average molecular weight is 267 g/mol. The molecule has 3 aromatic rings. The topological polar surface area (TPSA) is 51.0 Å². The van der Waals surface area contributed by atoms with E-state index in [4.69, 9.17) is 4.42 Å². The van der Waals surface area contributed by atoms with Gasteiger partial charge in [0, 0.05) is 24.3 Å². The average Bonchev–Trinajstić information content (AvgIpc) is 2.83. The Hall–Kier alpha value is -2.36. The first-order valence-corrected chi connectivity index (χ1v) is 6.75. The zero-order valence-electron chi connectivity index (χ0n) is 11.7. The fourth-order valence-electron chi connectivity index (χ4n) is 2.14. The lowest BCUT2D eigenvalue weighted by Gasteiger charge is -2.07. The molecule has 1 N–H and O–H groups in total. The molecule has 4 nitrogen and oxygen atoms in total. The van der Waals surface area contributed by atoms with E-state index in [0.29, 0.717) is 5.65 Å². The number of nitrogens with zero attached hydrogens (tertiary/aromatic N) is 2. The van der Waals surface area contributed by atoms with Crippen molar-refractivity contribution in [2.75, 3.05) is 11.9 Å². The molecule has 0 bridgehead atoms. The van der Waals surface area contributed by atoms with Crippen LogP contribution < -0.4 is 5.32 Å². The van der Waals surface area contributed by atoms with E-state index in [0.717, 1.165) is 35.8 Å². The first kappa shape index (κ1) is 12.7. The number of hydrogen-bond donors (Lipinski definition) is 1. The summed E-state index contributed by atoms with van der Waals surface area (Å²) in [6, 6.07) is 12.1. The van der Waals surface area contributed by atoms with Gasteiger partial charge in [0.1, 0.15) is 0 Å². The smallest absolute Gasteiger partial charge is 0.199 e. The molecule has 2 heterocycles. The third-order valence-electron chi connectivity index (χ3n) is 3.24. The summed E-state index contributed by atoms with van der Waals surface area (Å²) in [5, 5.41) is 3.40. The Kier molecular flexibility index (Phi) is 3.37. The largest absolute Gasteiger partial charge is 0.439 e. The number of para-hydroxylation sites is 1. The van der Waals surface area contributed by atoms with Gasteiger partial charge in [-0.05, 0) is 37.6 Å². The summed E-state index contributed by atoms with van der Waals surface area (Å²) in [7, 11) is 0. The van der Waals surface area contributed by atoms with Gasteiger partial charge < -0.3 is 9.73 Å². The maximum atomic E-state index is 5.68. The van der Waals surface area contributed by atoms with Gasteiger partial charge in [-0.25, -0.2) is 4.98 Å². The zero-order chi connectivity index (χ0) is 13.9. The van der Waals surface area contributed by atoms with Gasteiger partial charge in [0.05, 0.1) is 0 Å². The molecule has 0 atom stereocenters. The molecule has 1 aromatic carbocycles. The van der Waals surface area contributed by atoms with Crippen molar-refractivity contribution < 1.29 is 4.42 Å². The van der Waals surface area contributed by atoms with Crippen molar-refractivity contribution in [3.8, 4) is 0 Å². The number of aromatic nitrogens is 2. The molecule has 0 fully saturated rings. The fourth-order valence-corrected chi connectivity index (χ4v) is 2.14. The summed E-state index contributed by atoms with van der Waals surface area (Å²) in [5.41, 5.74) is 4.78. The van der Waals surface area contributed by atoms with Crippen LogP contribution in [0.15, 0.2) is 40.8 Å². The van der Waals surface area contributed by atoms with Gasteiger partial charge >= 0.3 is 0 Å². The van der Waals surface area contributed by atoms with E-state index in [1.807, 2.05) is 31.2 Å². The number of hydrogen-bond acceptors (Lipinski definition) is 4. The Morgan fingerprint density at radius 3 is 2.75 bits per heavy atom. The summed E-state index contributed by atoms with van der Waals surface area (Å²) in [5.74, 6) is 0.721. The lowest BCUT2D eigenvalue weighted by atomic mass is 10.2. The second-order valence-electron chi connectivity index (χ2n) is 4.87. The van der Waals surface area contributed by atoms with E-state index in [2.05, 4.69) is 34.3 Å². The van der Waals surface area contributed by atoms with Crippen LogP contribution in [0.4, 0.5) is 5.69 Å². The molecule has 2 aromatic heterocycles. The first-order chi connectivity index (χ1) is 9.72. The molecule has 0 amide bonds. The second kappa shape index (κ2) is 5.33. The SMILES string of the molecule is Cc1ccc2oc(CCNc3ccccc3C)nc2n1. The molecule has 0 aliphatic carbocycles. The van der Waals surface area contributed by atoms with Crippen molar-refractivity contribution >= 4 is 16.9 Å². The second-order valence-corrected chi connectivity index (χ2v) is 4.87. The molecule has 0 unspecified atom stereocenters. The number of aryl methyl sites for hydroxylation is 2. The number of nitrogens with one attached hydrogen (secondary N) is 1. The molecular weight excluding hydrogens is 250 g/mol. The van der Waals surface area contributed by atoms with Gasteiger partial charge in [-0.15, -0.1) is 0 Å². The van der Waals surface area contributed by atoms with Crippen LogP contribution in [0.1, 0.15) is 17.1 Å². The summed E-state index contributed by atoms with van der Waals surface area (Å²) in [4.78, 5) is 8.76. The predicted molar refractivity (Wildman–Crippen MR) is 79.9 cm³/mol. The molecule has 3 rings (SSSR count). The summed E-state index contributed by atoms with van der Waals surface area (Å²) < 4.78 is 5.68. The number of benzene rings is 1. The highest BCUT2D eigenvalue weighted by atomic mass is 16.3. The zero-order valence-corrected chi connectivity index (χ0v) is 11.7. The normalized spacial score (nSPS) is 10.9. The third-order valence-corrected chi connectivity index (χ3v) is 3.24. The minimum atomic E-state index is 0.691. The van der Waals surface area contributed by atoms with Crippen LogP contribution in [0.25, 0.3) is 11.2 Å². The van der Waals surface area contributed by atoms with E-state index in [1.54, 1.807) is 0 Å². The Morgan fingerprint density at radius 2 is 1.90 bits per heavy atom. The summed E-state index contributed by atoms with van der Waals surface area (Å²) >= 11 is 0. The Labute approximate surface area is 117 Å². The molecule has 0 aliphatic rings. The van der Waals surface area contributed by atoms with Crippen molar-refractivity contribution in [1.82, 2.24) is 9.97 Å². The molecule has 102 valence electrons. The van der Waals surface area contributed by atoms with Crippen LogP contribution in [0.5, 0.6) is 0 Å². The van der Waals surface area contributed by atoms with Gasteiger partial charge in [0.15, 0.2) is 17.1 Å². The van der Waals surface area contributed by atoms with Gasteiger partial charge in [0.2, 0.25) is 0 Å². The number of rotatable bonds is 4. The summed E-state index contributed by atoms with van der Waals surface area (Å²) in [6.07, 6.45) is 0.740. The Bertz CT molecular complexity index is 733. The summed E-state index contributed by atoms with van der Waals surface area (Å²) in [6.45, 7) is 4.83. The monoisotopic (exact) mass is 267 g/mol. The number of fused-ring (bicyclic) bond motifs is 1. The number of pyridine rings is 1. The molecule has 0 saturated heterocycles. The third kappa shape index (κ3) is 2.64. The standard InChI is InChI=1S/C16H17N3O/c1-11-5-3-4-6-13(11)17-10-9-15-19-16-14(20-15)8-7-12(2)18-16/h3-8,17H,9-10H2,1-2H3. The van der Waals surface area contributed by atoms with E-state index >= 15 is 0 Å². The molecule has 20 heavy (non-hydrogen) atoms. The fraction of sp³-hybridized carbons (Fsp3) is 0.250. The van der Waals surface area contributed by atoms with Crippen LogP contribution in [0, 0.1) is 13.8 Å². The Morgan fingerprint density at radius 1 is 1.05 bits per heavy atom. The van der Waals surface area contributed by atoms with Crippen LogP contribution in [-0.4, -0.2) is 16.5 Å². The van der Waals surface area contributed by atoms with Gasteiger partial charge in [-0.3, -0.25) is 0 Å². The minimum Gasteiger partial charge on any atom is -0.439 e. The lowest BCUT2D eigenvalue weighted by molar-refractivity contribution is 0.534. The van der Waals surface area contributed by atoms with E-state index in [9.17, 15) is 0 Å². The molecule has 0 aliphatic heterocycles. The van der Waals surface area contributed by atoms with Crippen LogP contribution >= 0.6 is 0 Å². The number of anilines is 1. The van der Waals surface area contributed by atoms with Crippen molar-refractivity contribution in [3.63, 3.8) is 0 Å². The van der Waals surface area contributed by atoms with E-state index in [1.165, 1.54) is 5.56 Å². The highest BCUT2D eigenvalue weighted by Crippen LogP contribution is 2.16. The maximum Gasteiger partial charge on any atom is 0.199 e. The maximum absolute atomic E-state index is 5.68. The molecule has 0 radical (unpaired) electrons. The minimum absolute atomic E-state index is 0.691. The van der Waals surface area contributed by atoms with Gasteiger partial charge in [0.25, 0.3) is 0 Å². The van der Waals surface area contributed by atoms with Gasteiger partial charge in [-0.1, -0.05) is 18.2 Å². The quantitative estimate of drug-likeness (QED) is 0.786. The predicted octanol–water partition coefficient (Wildman–Crippen LogP) is 3.49. The number of oxazole rings is 1.